The number of nitrogens with one attached hydrogen (secondary N) is 1. The highest BCUT2D eigenvalue weighted by molar-refractivity contribution is 7.22. The van der Waals surface area contributed by atoms with Crippen LogP contribution in [0.25, 0.3) is 10.3 Å². The molecule has 0 saturated heterocycles. The van der Waals surface area contributed by atoms with Gasteiger partial charge in [0.25, 0.3) is 0 Å². The first-order valence-electron chi connectivity index (χ1n) is 7.77. The first-order chi connectivity index (χ1) is 12.9. The summed E-state index contributed by atoms with van der Waals surface area (Å²) in [7, 11) is 4.33. The van der Waals surface area contributed by atoms with Gasteiger partial charge in [-0.15, -0.1) is 11.3 Å². The molecule has 9 heteroatoms. The zero-order valence-electron chi connectivity index (χ0n) is 14.8. The summed E-state index contributed by atoms with van der Waals surface area (Å²) in [6.07, 6.45) is 0. The normalized spacial score (nSPS) is 10.5. The van der Waals surface area contributed by atoms with Gasteiger partial charge in [-0.25, -0.2) is 14.4 Å². The number of carbonyl (C=O) groups excluding carboxylic acids is 2. The SMILES string of the molecule is COC(=O)c1cc2sc(N(C)C(=O)Nc3ccc(OC)cc3)cc2oc1=O. The number of ether oxygens (including phenoxy) is 2. The first-order valence-corrected chi connectivity index (χ1v) is 8.59. The van der Waals surface area contributed by atoms with Gasteiger partial charge in [0.2, 0.25) is 0 Å². The van der Waals surface area contributed by atoms with Crippen molar-refractivity contribution in [3.05, 3.63) is 52.4 Å². The second-order valence-corrected chi connectivity index (χ2v) is 6.53. The third kappa shape index (κ3) is 3.77. The van der Waals surface area contributed by atoms with E-state index in [0.29, 0.717) is 21.1 Å². The Morgan fingerprint density at radius 2 is 1.85 bits per heavy atom. The molecule has 1 aromatic carbocycles. The van der Waals surface area contributed by atoms with Gasteiger partial charge in [0.05, 0.1) is 18.9 Å². The van der Waals surface area contributed by atoms with E-state index in [4.69, 9.17) is 9.15 Å². The number of carbonyl (C=O) groups is 2. The van der Waals surface area contributed by atoms with Gasteiger partial charge >= 0.3 is 17.6 Å². The number of fused-ring (bicyclic) bond motifs is 1. The Hall–Kier alpha value is -3.33. The van der Waals surface area contributed by atoms with Gasteiger partial charge in [-0.05, 0) is 30.3 Å². The molecular weight excluding hydrogens is 372 g/mol. The third-order valence-electron chi connectivity index (χ3n) is 3.79. The maximum Gasteiger partial charge on any atom is 0.351 e. The van der Waals surface area contributed by atoms with E-state index in [9.17, 15) is 14.4 Å². The molecule has 0 atom stereocenters. The van der Waals surface area contributed by atoms with Crippen molar-refractivity contribution in [2.75, 3.05) is 31.5 Å². The van der Waals surface area contributed by atoms with Gasteiger partial charge < -0.3 is 19.2 Å². The quantitative estimate of drug-likeness (QED) is 0.689. The number of benzene rings is 1. The van der Waals surface area contributed by atoms with E-state index in [2.05, 4.69) is 10.1 Å². The highest BCUT2D eigenvalue weighted by Crippen LogP contribution is 2.32. The van der Waals surface area contributed by atoms with Crippen molar-refractivity contribution in [1.29, 1.82) is 0 Å². The summed E-state index contributed by atoms with van der Waals surface area (Å²) < 4.78 is 15.3. The number of hydrogen-bond donors (Lipinski definition) is 1. The number of methoxy groups -OCH3 is 2. The Kier molecular flexibility index (Phi) is 5.13. The predicted octanol–water partition coefficient (Wildman–Crippen LogP) is 3.32. The molecule has 8 nitrogen and oxygen atoms in total. The van der Waals surface area contributed by atoms with Crippen LogP contribution in [0.4, 0.5) is 15.5 Å². The summed E-state index contributed by atoms with van der Waals surface area (Å²) in [5, 5.41) is 3.30. The van der Waals surface area contributed by atoms with Crippen molar-refractivity contribution in [2.24, 2.45) is 0 Å². The average Bonchev–Trinajstić information content (AvgIpc) is 3.09. The highest BCUT2D eigenvalue weighted by atomic mass is 32.1. The third-order valence-corrected chi connectivity index (χ3v) is 4.93. The highest BCUT2D eigenvalue weighted by Gasteiger charge is 2.19. The monoisotopic (exact) mass is 388 g/mol. The van der Waals surface area contributed by atoms with E-state index in [-0.39, 0.29) is 17.2 Å². The van der Waals surface area contributed by atoms with Crippen molar-refractivity contribution >= 4 is 44.3 Å². The Labute approximate surface area is 157 Å². The Bertz CT molecular complexity index is 1050. The van der Waals surface area contributed by atoms with Crippen molar-refractivity contribution < 1.29 is 23.5 Å². The zero-order valence-corrected chi connectivity index (χ0v) is 15.6. The molecule has 27 heavy (non-hydrogen) atoms. The minimum atomic E-state index is -0.788. The summed E-state index contributed by atoms with van der Waals surface area (Å²) in [5.74, 6) is -0.0893. The Morgan fingerprint density at radius 3 is 2.48 bits per heavy atom. The molecule has 3 aromatic rings. The molecule has 2 heterocycles. The summed E-state index contributed by atoms with van der Waals surface area (Å²) in [4.78, 5) is 37.3. The average molecular weight is 388 g/mol. The van der Waals surface area contributed by atoms with Crippen molar-refractivity contribution in [1.82, 2.24) is 0 Å². The van der Waals surface area contributed by atoms with E-state index in [1.165, 1.54) is 29.4 Å². The van der Waals surface area contributed by atoms with Crippen LogP contribution < -0.4 is 20.6 Å². The van der Waals surface area contributed by atoms with Crippen LogP contribution in [0, 0.1) is 0 Å². The van der Waals surface area contributed by atoms with E-state index < -0.39 is 11.6 Å². The molecule has 1 N–H and O–H groups in total. The number of anilines is 2. The predicted molar refractivity (Wildman–Crippen MR) is 102 cm³/mol. The topological polar surface area (TPSA) is 98.1 Å². The summed E-state index contributed by atoms with van der Waals surface area (Å²) in [5.41, 5.74) is -0.0854. The van der Waals surface area contributed by atoms with Gasteiger partial charge in [-0.2, -0.15) is 0 Å². The summed E-state index contributed by atoms with van der Waals surface area (Å²) in [6, 6.07) is 9.50. The molecule has 0 spiro atoms. The molecule has 3 rings (SSSR count). The lowest BCUT2D eigenvalue weighted by Crippen LogP contribution is -2.30. The van der Waals surface area contributed by atoms with Gasteiger partial charge in [-0.1, -0.05) is 0 Å². The molecule has 0 aliphatic heterocycles. The number of nitrogens with zero attached hydrogens (tertiary/aromatic N) is 1. The molecule has 0 bridgehead atoms. The largest absolute Gasteiger partial charge is 0.497 e. The Morgan fingerprint density at radius 1 is 1.15 bits per heavy atom. The lowest BCUT2D eigenvalue weighted by atomic mass is 10.3. The van der Waals surface area contributed by atoms with Crippen LogP contribution in [0.15, 0.2) is 45.6 Å². The van der Waals surface area contributed by atoms with Gasteiger partial charge in [0.15, 0.2) is 5.58 Å². The zero-order chi connectivity index (χ0) is 19.6. The number of esters is 1. The fraction of sp³-hybridized carbons (Fsp3) is 0.167. The number of thiophene rings is 1. The molecule has 140 valence electrons. The standard InChI is InChI=1S/C18H16N2O6S/c1-20(18(23)19-10-4-6-11(24-2)7-5-10)15-9-13-14(27-15)8-12(16(21)25-3)17(22)26-13/h4-9H,1-3H3,(H,19,23). The molecule has 0 radical (unpaired) electrons. The first kappa shape index (κ1) is 18.5. The van der Waals surface area contributed by atoms with E-state index in [0.717, 1.165) is 0 Å². The Balaban J connectivity index is 1.83. The van der Waals surface area contributed by atoms with Crippen LogP contribution in [0.3, 0.4) is 0 Å². The smallest absolute Gasteiger partial charge is 0.351 e. The minimum Gasteiger partial charge on any atom is -0.497 e. The van der Waals surface area contributed by atoms with Crippen LogP contribution >= 0.6 is 11.3 Å². The van der Waals surface area contributed by atoms with Gasteiger partial charge in [0.1, 0.15) is 16.3 Å². The number of rotatable bonds is 4. The second-order valence-electron chi connectivity index (χ2n) is 5.47. The fourth-order valence-electron chi connectivity index (χ4n) is 2.30. The van der Waals surface area contributed by atoms with Crippen molar-refractivity contribution in [2.45, 2.75) is 0 Å². The van der Waals surface area contributed by atoms with Crippen LogP contribution in [-0.4, -0.2) is 33.3 Å². The van der Waals surface area contributed by atoms with E-state index >= 15 is 0 Å². The molecule has 0 aliphatic rings. The van der Waals surface area contributed by atoms with Crippen LogP contribution in [0.1, 0.15) is 10.4 Å². The van der Waals surface area contributed by atoms with Crippen LogP contribution in [-0.2, 0) is 4.74 Å². The van der Waals surface area contributed by atoms with Crippen molar-refractivity contribution in [3.63, 3.8) is 0 Å². The molecule has 0 aliphatic carbocycles. The van der Waals surface area contributed by atoms with Gasteiger partial charge in [0, 0.05) is 18.8 Å². The fourth-order valence-corrected chi connectivity index (χ4v) is 3.29. The lowest BCUT2D eigenvalue weighted by molar-refractivity contribution is 0.0596. The molecule has 2 aromatic heterocycles. The van der Waals surface area contributed by atoms with Crippen molar-refractivity contribution in [3.8, 4) is 5.75 Å². The van der Waals surface area contributed by atoms with Gasteiger partial charge in [-0.3, -0.25) is 4.90 Å². The summed E-state index contributed by atoms with van der Waals surface area (Å²) >= 11 is 1.21. The number of amides is 2. The molecule has 0 saturated carbocycles. The van der Waals surface area contributed by atoms with Crippen LogP contribution in [0.2, 0.25) is 0 Å². The molecular formula is C18H16N2O6S. The second kappa shape index (κ2) is 7.50. The minimum absolute atomic E-state index is 0.191. The van der Waals surface area contributed by atoms with Crippen LogP contribution in [0.5, 0.6) is 5.75 Å². The molecule has 0 fully saturated rings. The molecule has 0 unspecified atom stereocenters. The maximum atomic E-state index is 12.5. The maximum absolute atomic E-state index is 12.5. The lowest BCUT2D eigenvalue weighted by Gasteiger charge is -2.15. The summed E-state index contributed by atoms with van der Waals surface area (Å²) in [6.45, 7) is 0. The van der Waals surface area contributed by atoms with E-state index in [1.54, 1.807) is 44.5 Å². The molecule has 2 amide bonds. The number of hydrogen-bond acceptors (Lipinski definition) is 7. The number of urea groups is 1. The van der Waals surface area contributed by atoms with E-state index in [1.807, 2.05) is 0 Å².